The Labute approximate surface area is 104 Å². The number of nitrogens with one attached hydrogen (secondary N) is 1. The highest BCUT2D eigenvalue weighted by molar-refractivity contribution is 5.43. The molecule has 0 aliphatic heterocycles. The quantitative estimate of drug-likeness (QED) is 0.838. The minimum Gasteiger partial charge on any atom is -0.396 e. The van der Waals surface area contributed by atoms with Crippen LogP contribution in [-0.4, -0.2) is 17.8 Å². The van der Waals surface area contributed by atoms with E-state index in [-0.39, 0.29) is 6.61 Å². The van der Waals surface area contributed by atoms with Crippen molar-refractivity contribution in [3.8, 4) is 0 Å². The first kappa shape index (κ1) is 12.6. The fourth-order valence-corrected chi connectivity index (χ4v) is 3.06. The first-order valence-corrected chi connectivity index (χ1v) is 6.59. The molecule has 0 spiro atoms. The standard InChI is InChI=1S/C15H23NO/c1-10-5-4-6-13-14(9-11(2)15(10)13)16-12(3)7-8-17/h4-6,11-12,14,16-17H,7-9H2,1-3H3/t11?,12-,14?/m1/s1. The van der Waals surface area contributed by atoms with Crippen molar-refractivity contribution in [1.29, 1.82) is 0 Å². The van der Waals surface area contributed by atoms with Gasteiger partial charge in [0.2, 0.25) is 0 Å². The van der Waals surface area contributed by atoms with Gasteiger partial charge in [-0.2, -0.15) is 0 Å². The van der Waals surface area contributed by atoms with Gasteiger partial charge < -0.3 is 10.4 Å². The van der Waals surface area contributed by atoms with Gasteiger partial charge in [-0.25, -0.2) is 0 Å². The predicted molar refractivity (Wildman–Crippen MR) is 71.3 cm³/mol. The van der Waals surface area contributed by atoms with E-state index in [2.05, 4.69) is 44.3 Å². The number of aliphatic hydroxyl groups is 1. The van der Waals surface area contributed by atoms with Gasteiger partial charge in [0.25, 0.3) is 0 Å². The summed E-state index contributed by atoms with van der Waals surface area (Å²) in [5, 5.41) is 12.6. The van der Waals surface area contributed by atoms with Crippen molar-refractivity contribution in [1.82, 2.24) is 5.32 Å². The number of benzene rings is 1. The molecule has 0 fully saturated rings. The molecule has 0 saturated heterocycles. The number of aryl methyl sites for hydroxylation is 1. The highest BCUT2D eigenvalue weighted by atomic mass is 16.3. The van der Waals surface area contributed by atoms with Gasteiger partial charge in [0.05, 0.1) is 0 Å². The summed E-state index contributed by atoms with van der Waals surface area (Å²) in [6, 6.07) is 7.44. The summed E-state index contributed by atoms with van der Waals surface area (Å²) < 4.78 is 0. The van der Waals surface area contributed by atoms with E-state index >= 15 is 0 Å². The first-order valence-electron chi connectivity index (χ1n) is 6.59. The molecule has 0 radical (unpaired) electrons. The Morgan fingerprint density at radius 2 is 2.24 bits per heavy atom. The largest absolute Gasteiger partial charge is 0.396 e. The van der Waals surface area contributed by atoms with Crippen molar-refractivity contribution in [3.63, 3.8) is 0 Å². The van der Waals surface area contributed by atoms with Crippen LogP contribution in [0.5, 0.6) is 0 Å². The van der Waals surface area contributed by atoms with Crippen molar-refractivity contribution in [3.05, 3.63) is 34.9 Å². The van der Waals surface area contributed by atoms with Gasteiger partial charge in [0.15, 0.2) is 0 Å². The van der Waals surface area contributed by atoms with E-state index in [1.165, 1.54) is 23.1 Å². The zero-order valence-electron chi connectivity index (χ0n) is 11.0. The van der Waals surface area contributed by atoms with Gasteiger partial charge >= 0.3 is 0 Å². The van der Waals surface area contributed by atoms with Crippen molar-refractivity contribution in [2.24, 2.45) is 0 Å². The molecule has 0 bridgehead atoms. The predicted octanol–water partition coefficient (Wildman–Crippen LogP) is 2.90. The molecule has 1 aliphatic rings. The van der Waals surface area contributed by atoms with Gasteiger partial charge in [-0.05, 0) is 49.3 Å². The lowest BCUT2D eigenvalue weighted by atomic mass is 9.98. The smallest absolute Gasteiger partial charge is 0.0445 e. The maximum Gasteiger partial charge on any atom is 0.0445 e. The summed E-state index contributed by atoms with van der Waals surface area (Å²) in [5.74, 6) is 0.644. The molecule has 2 unspecified atom stereocenters. The zero-order chi connectivity index (χ0) is 12.4. The fraction of sp³-hybridized carbons (Fsp3) is 0.600. The van der Waals surface area contributed by atoms with Crippen molar-refractivity contribution in [2.75, 3.05) is 6.61 Å². The van der Waals surface area contributed by atoms with E-state index in [1.807, 2.05) is 0 Å². The molecular weight excluding hydrogens is 210 g/mol. The minimum absolute atomic E-state index is 0.261. The molecule has 3 atom stereocenters. The van der Waals surface area contributed by atoms with E-state index in [1.54, 1.807) is 0 Å². The van der Waals surface area contributed by atoms with Crippen LogP contribution in [0, 0.1) is 6.92 Å². The van der Waals surface area contributed by atoms with Gasteiger partial charge in [-0.15, -0.1) is 0 Å². The number of hydrogen-bond acceptors (Lipinski definition) is 2. The van der Waals surface area contributed by atoms with Gasteiger partial charge in [-0.3, -0.25) is 0 Å². The lowest BCUT2D eigenvalue weighted by Crippen LogP contribution is -2.30. The van der Waals surface area contributed by atoms with E-state index in [4.69, 9.17) is 5.11 Å². The highest BCUT2D eigenvalue weighted by Gasteiger charge is 2.29. The topological polar surface area (TPSA) is 32.3 Å². The van der Waals surface area contributed by atoms with Crippen LogP contribution in [0.1, 0.15) is 55.3 Å². The third-order valence-electron chi connectivity index (χ3n) is 3.86. The Bertz CT molecular complexity index is 389. The van der Waals surface area contributed by atoms with E-state index in [0.29, 0.717) is 18.0 Å². The van der Waals surface area contributed by atoms with Gasteiger partial charge in [0.1, 0.15) is 0 Å². The molecule has 1 aromatic carbocycles. The molecule has 2 N–H and O–H groups in total. The highest BCUT2D eigenvalue weighted by Crippen LogP contribution is 2.41. The van der Waals surface area contributed by atoms with Crippen molar-refractivity contribution < 1.29 is 5.11 Å². The second-order valence-electron chi connectivity index (χ2n) is 5.35. The van der Waals surface area contributed by atoms with Crippen LogP contribution in [0.25, 0.3) is 0 Å². The summed E-state index contributed by atoms with van der Waals surface area (Å²) in [5.41, 5.74) is 4.40. The molecule has 1 aliphatic carbocycles. The lowest BCUT2D eigenvalue weighted by Gasteiger charge is -2.20. The molecule has 2 rings (SSSR count). The van der Waals surface area contributed by atoms with Gasteiger partial charge in [-0.1, -0.05) is 25.1 Å². The number of rotatable bonds is 4. The number of fused-ring (bicyclic) bond motifs is 1. The van der Waals surface area contributed by atoms with Crippen LogP contribution in [0.2, 0.25) is 0 Å². The Hall–Kier alpha value is -0.860. The molecule has 94 valence electrons. The average molecular weight is 233 g/mol. The second kappa shape index (κ2) is 5.19. The molecule has 0 aromatic heterocycles. The van der Waals surface area contributed by atoms with E-state index < -0.39 is 0 Å². The van der Waals surface area contributed by atoms with Crippen LogP contribution < -0.4 is 5.32 Å². The number of aliphatic hydroxyl groups excluding tert-OH is 1. The first-order chi connectivity index (χ1) is 8.13. The van der Waals surface area contributed by atoms with Crippen LogP contribution in [0.15, 0.2) is 18.2 Å². The molecule has 0 saturated carbocycles. The summed E-state index contributed by atoms with van der Waals surface area (Å²) in [6.45, 7) is 6.92. The fourth-order valence-electron chi connectivity index (χ4n) is 3.06. The maximum absolute atomic E-state index is 8.96. The van der Waals surface area contributed by atoms with Crippen LogP contribution in [0.4, 0.5) is 0 Å². The summed E-state index contributed by atoms with van der Waals surface area (Å²) in [6.07, 6.45) is 2.00. The molecule has 17 heavy (non-hydrogen) atoms. The average Bonchev–Trinajstić information content (AvgIpc) is 2.57. The number of hydrogen-bond donors (Lipinski definition) is 2. The third-order valence-corrected chi connectivity index (χ3v) is 3.86. The van der Waals surface area contributed by atoms with Crippen molar-refractivity contribution in [2.45, 2.75) is 51.6 Å². The SMILES string of the molecule is Cc1cccc2c1C(C)CC2N[C@H](C)CCO. The summed E-state index contributed by atoms with van der Waals surface area (Å²) in [4.78, 5) is 0. The monoisotopic (exact) mass is 233 g/mol. The molecule has 2 nitrogen and oxygen atoms in total. The van der Waals surface area contributed by atoms with E-state index in [0.717, 1.165) is 6.42 Å². The minimum atomic E-state index is 0.261. The second-order valence-corrected chi connectivity index (χ2v) is 5.35. The van der Waals surface area contributed by atoms with Crippen molar-refractivity contribution >= 4 is 0 Å². The van der Waals surface area contributed by atoms with Crippen LogP contribution in [-0.2, 0) is 0 Å². The Morgan fingerprint density at radius 3 is 2.94 bits per heavy atom. The Kier molecular flexibility index (Phi) is 3.85. The molecule has 2 heteroatoms. The lowest BCUT2D eigenvalue weighted by molar-refractivity contribution is 0.262. The summed E-state index contributed by atoms with van der Waals surface area (Å²) >= 11 is 0. The molecule has 0 amide bonds. The molecular formula is C15H23NO. The molecule has 1 aromatic rings. The van der Waals surface area contributed by atoms with Crippen LogP contribution in [0.3, 0.4) is 0 Å². The third kappa shape index (κ3) is 2.53. The normalized spacial score (nSPS) is 24.7. The van der Waals surface area contributed by atoms with E-state index in [9.17, 15) is 0 Å². The Balaban J connectivity index is 2.17. The zero-order valence-corrected chi connectivity index (χ0v) is 11.0. The van der Waals surface area contributed by atoms with Gasteiger partial charge in [0, 0.05) is 18.7 Å². The Morgan fingerprint density at radius 1 is 1.47 bits per heavy atom. The summed E-state index contributed by atoms with van der Waals surface area (Å²) in [7, 11) is 0. The maximum atomic E-state index is 8.96. The van der Waals surface area contributed by atoms with Crippen LogP contribution >= 0.6 is 0 Å². The molecule has 0 heterocycles.